The number of ether oxygens (including phenoxy) is 1. The zero-order valence-electron chi connectivity index (χ0n) is 12.2. The number of hydrogen-bond donors (Lipinski definition) is 1. The lowest BCUT2D eigenvalue weighted by atomic mass is 10.2. The van der Waals surface area contributed by atoms with E-state index in [9.17, 15) is 4.79 Å². The Kier molecular flexibility index (Phi) is 4.87. The Bertz CT molecular complexity index is 637. The number of hydrogen-bond acceptors (Lipinski definition) is 4. The van der Waals surface area contributed by atoms with Gasteiger partial charge in [0.05, 0.1) is 17.6 Å². The molecule has 2 aromatic rings. The highest BCUT2D eigenvalue weighted by atomic mass is 16.5. The highest BCUT2D eigenvalue weighted by Gasteiger charge is 2.07. The van der Waals surface area contributed by atoms with Crippen LogP contribution in [0.4, 0.5) is 0 Å². The van der Waals surface area contributed by atoms with Crippen LogP contribution < -0.4 is 10.9 Å². The van der Waals surface area contributed by atoms with Crippen molar-refractivity contribution in [3.63, 3.8) is 0 Å². The third-order valence-electron chi connectivity index (χ3n) is 3.26. The Morgan fingerprint density at radius 2 is 2.15 bits per heavy atom. The Balaban J connectivity index is 2.20. The van der Waals surface area contributed by atoms with Crippen LogP contribution in [0.1, 0.15) is 12.6 Å². The molecule has 1 atom stereocenters. The molecule has 0 spiro atoms. The summed E-state index contributed by atoms with van der Waals surface area (Å²) in [5, 5.41) is 3.34. The number of rotatable bonds is 6. The molecule has 0 fully saturated rings. The molecule has 0 bridgehead atoms. The third kappa shape index (κ3) is 3.23. The first-order chi connectivity index (χ1) is 9.63. The lowest BCUT2D eigenvalue weighted by Gasteiger charge is -2.15. The predicted octanol–water partition coefficient (Wildman–Crippen LogP) is 1.33. The van der Waals surface area contributed by atoms with Gasteiger partial charge >= 0.3 is 0 Å². The molecule has 0 saturated carbocycles. The van der Waals surface area contributed by atoms with E-state index in [0.29, 0.717) is 18.8 Å². The van der Waals surface area contributed by atoms with E-state index in [2.05, 4.69) is 17.2 Å². The van der Waals surface area contributed by atoms with Gasteiger partial charge < -0.3 is 14.6 Å². The second-order valence-corrected chi connectivity index (χ2v) is 4.95. The van der Waals surface area contributed by atoms with E-state index in [-0.39, 0.29) is 11.6 Å². The highest BCUT2D eigenvalue weighted by Crippen LogP contribution is 2.09. The monoisotopic (exact) mass is 275 g/mol. The van der Waals surface area contributed by atoms with Crippen LogP contribution in [0.5, 0.6) is 0 Å². The molecular formula is C15H21N3O2. The minimum absolute atomic E-state index is 0.0232. The Hall–Kier alpha value is -1.72. The fraction of sp³-hybridized carbons (Fsp3) is 0.467. The third-order valence-corrected chi connectivity index (χ3v) is 3.26. The molecule has 0 aliphatic rings. The number of para-hydroxylation sites is 2. The van der Waals surface area contributed by atoms with Crippen LogP contribution >= 0.6 is 0 Å². The first-order valence-corrected chi connectivity index (χ1v) is 6.82. The number of nitrogens with one attached hydrogen (secondary N) is 1. The Labute approximate surface area is 118 Å². The van der Waals surface area contributed by atoms with Crippen molar-refractivity contribution < 1.29 is 4.74 Å². The lowest BCUT2D eigenvalue weighted by Crippen LogP contribution is -2.35. The van der Waals surface area contributed by atoms with Crippen LogP contribution in [0.3, 0.4) is 0 Å². The van der Waals surface area contributed by atoms with Crippen molar-refractivity contribution in [2.75, 3.05) is 20.3 Å². The zero-order chi connectivity index (χ0) is 14.5. The molecule has 0 aliphatic heterocycles. The summed E-state index contributed by atoms with van der Waals surface area (Å²) in [7, 11) is 1.68. The molecule has 20 heavy (non-hydrogen) atoms. The van der Waals surface area contributed by atoms with E-state index in [1.807, 2.05) is 24.3 Å². The summed E-state index contributed by atoms with van der Waals surface area (Å²) in [6.45, 7) is 5.81. The van der Waals surface area contributed by atoms with Crippen LogP contribution in [0, 0.1) is 6.92 Å². The van der Waals surface area contributed by atoms with E-state index in [1.54, 1.807) is 18.6 Å². The summed E-state index contributed by atoms with van der Waals surface area (Å²) in [6, 6.07) is 7.99. The van der Waals surface area contributed by atoms with Crippen LogP contribution in [-0.2, 0) is 11.3 Å². The topological polar surface area (TPSA) is 56.1 Å². The maximum absolute atomic E-state index is 12.2. The largest absolute Gasteiger partial charge is 0.383 e. The minimum atomic E-state index is -0.0232. The van der Waals surface area contributed by atoms with Gasteiger partial charge in [0, 0.05) is 26.2 Å². The summed E-state index contributed by atoms with van der Waals surface area (Å²) >= 11 is 0. The summed E-state index contributed by atoms with van der Waals surface area (Å²) in [5.41, 5.74) is 2.25. The average molecular weight is 275 g/mol. The summed E-state index contributed by atoms with van der Waals surface area (Å²) in [4.78, 5) is 16.6. The maximum atomic E-state index is 12.2. The second kappa shape index (κ2) is 6.63. The fourth-order valence-corrected chi connectivity index (χ4v) is 2.27. The Morgan fingerprint density at radius 1 is 1.40 bits per heavy atom. The van der Waals surface area contributed by atoms with Crippen LogP contribution in [-0.4, -0.2) is 35.9 Å². The molecule has 1 aromatic carbocycles. The normalized spacial score (nSPS) is 12.8. The van der Waals surface area contributed by atoms with Gasteiger partial charge in [-0.25, -0.2) is 4.98 Å². The first-order valence-electron chi connectivity index (χ1n) is 6.82. The van der Waals surface area contributed by atoms with Gasteiger partial charge in [0.2, 0.25) is 0 Å². The molecule has 1 aromatic heterocycles. The van der Waals surface area contributed by atoms with Crippen molar-refractivity contribution in [2.24, 2.45) is 0 Å². The van der Waals surface area contributed by atoms with Crippen molar-refractivity contribution in [1.29, 1.82) is 0 Å². The van der Waals surface area contributed by atoms with Gasteiger partial charge in [0.15, 0.2) is 0 Å². The summed E-state index contributed by atoms with van der Waals surface area (Å²) in [5.74, 6) is 0. The molecule has 5 nitrogen and oxygen atoms in total. The SMILES string of the molecule is COCC(C)NCCn1c(=O)c(C)nc2ccccc21. The van der Waals surface area contributed by atoms with Crippen molar-refractivity contribution in [3.8, 4) is 0 Å². The van der Waals surface area contributed by atoms with Gasteiger partial charge in [0.1, 0.15) is 5.69 Å². The number of nitrogens with zero attached hydrogens (tertiary/aromatic N) is 2. The predicted molar refractivity (Wildman–Crippen MR) is 80.1 cm³/mol. The molecule has 0 amide bonds. The van der Waals surface area contributed by atoms with Crippen LogP contribution in [0.25, 0.3) is 11.0 Å². The number of fused-ring (bicyclic) bond motifs is 1. The number of aromatic nitrogens is 2. The van der Waals surface area contributed by atoms with E-state index in [4.69, 9.17) is 4.74 Å². The molecular weight excluding hydrogens is 254 g/mol. The van der Waals surface area contributed by atoms with Crippen LogP contribution in [0.15, 0.2) is 29.1 Å². The van der Waals surface area contributed by atoms with E-state index >= 15 is 0 Å². The van der Waals surface area contributed by atoms with Gasteiger partial charge in [-0.1, -0.05) is 12.1 Å². The van der Waals surface area contributed by atoms with Crippen molar-refractivity contribution in [1.82, 2.24) is 14.9 Å². The standard InChI is InChI=1S/C15H21N3O2/c1-11(10-20-3)16-8-9-18-14-7-5-4-6-13(14)17-12(2)15(18)19/h4-7,11,16H,8-10H2,1-3H3. The minimum Gasteiger partial charge on any atom is -0.383 e. The smallest absolute Gasteiger partial charge is 0.272 e. The van der Waals surface area contributed by atoms with E-state index in [1.165, 1.54) is 0 Å². The number of methoxy groups -OCH3 is 1. The van der Waals surface area contributed by atoms with Gasteiger partial charge in [-0.3, -0.25) is 4.79 Å². The molecule has 0 radical (unpaired) electrons. The maximum Gasteiger partial charge on any atom is 0.272 e. The first kappa shape index (κ1) is 14.7. The van der Waals surface area contributed by atoms with Gasteiger partial charge in [-0.05, 0) is 26.0 Å². The van der Waals surface area contributed by atoms with Crippen LogP contribution in [0.2, 0.25) is 0 Å². The quantitative estimate of drug-likeness (QED) is 0.864. The molecule has 0 saturated heterocycles. The lowest BCUT2D eigenvalue weighted by molar-refractivity contribution is 0.172. The fourth-order valence-electron chi connectivity index (χ4n) is 2.27. The zero-order valence-corrected chi connectivity index (χ0v) is 12.2. The molecule has 1 unspecified atom stereocenters. The molecule has 0 aliphatic carbocycles. The number of benzene rings is 1. The molecule has 2 rings (SSSR count). The molecule has 108 valence electrons. The van der Waals surface area contributed by atoms with Gasteiger partial charge in [0.25, 0.3) is 5.56 Å². The molecule has 1 N–H and O–H groups in total. The Morgan fingerprint density at radius 3 is 2.90 bits per heavy atom. The highest BCUT2D eigenvalue weighted by molar-refractivity contribution is 5.74. The van der Waals surface area contributed by atoms with Crippen molar-refractivity contribution >= 4 is 11.0 Å². The molecule has 5 heteroatoms. The van der Waals surface area contributed by atoms with Crippen molar-refractivity contribution in [3.05, 3.63) is 40.3 Å². The van der Waals surface area contributed by atoms with E-state index < -0.39 is 0 Å². The van der Waals surface area contributed by atoms with E-state index in [0.717, 1.165) is 17.6 Å². The molecule has 1 heterocycles. The van der Waals surface area contributed by atoms with Gasteiger partial charge in [-0.15, -0.1) is 0 Å². The number of aryl methyl sites for hydroxylation is 1. The summed E-state index contributed by atoms with van der Waals surface area (Å²) < 4.78 is 6.86. The van der Waals surface area contributed by atoms with Gasteiger partial charge in [-0.2, -0.15) is 0 Å². The van der Waals surface area contributed by atoms with Crippen molar-refractivity contribution in [2.45, 2.75) is 26.4 Å². The average Bonchev–Trinajstić information content (AvgIpc) is 2.43. The summed E-state index contributed by atoms with van der Waals surface area (Å²) in [6.07, 6.45) is 0. The second-order valence-electron chi connectivity index (χ2n) is 4.95.